The van der Waals surface area contributed by atoms with Crippen LogP contribution in [0.15, 0.2) is 18.2 Å². The Morgan fingerprint density at radius 2 is 2.21 bits per heavy atom. The van der Waals surface area contributed by atoms with E-state index < -0.39 is 17.0 Å². The molecule has 0 bridgehead atoms. The molecule has 104 valence electrons. The van der Waals surface area contributed by atoms with Gasteiger partial charge in [-0.1, -0.05) is 0 Å². The maximum atomic E-state index is 12.0. The number of ether oxygens (including phenoxy) is 2. The number of carbonyl (C=O) groups excluding carboxylic acids is 1. The molecule has 1 aliphatic heterocycles. The number of phenols is 1. The first kappa shape index (κ1) is 13.7. The Balaban J connectivity index is 2.44. The molecule has 1 aliphatic rings. The Morgan fingerprint density at radius 3 is 2.84 bits per heavy atom. The summed E-state index contributed by atoms with van der Waals surface area (Å²) in [7, 11) is 0. The van der Waals surface area contributed by atoms with Gasteiger partial charge in [-0.15, -0.1) is 0 Å². The summed E-state index contributed by atoms with van der Waals surface area (Å²) in [5, 5.41) is 20.3. The van der Waals surface area contributed by atoms with Crippen molar-refractivity contribution in [1.29, 1.82) is 0 Å². The second-order valence-corrected chi connectivity index (χ2v) is 5.17. The minimum Gasteiger partial charge on any atom is -0.508 e. The van der Waals surface area contributed by atoms with E-state index in [1.54, 1.807) is 26.8 Å². The predicted octanol–water partition coefficient (Wildman–Crippen LogP) is 1.56. The molecule has 0 radical (unpaired) electrons. The van der Waals surface area contributed by atoms with Crippen molar-refractivity contribution in [1.82, 2.24) is 0 Å². The third-order valence-corrected chi connectivity index (χ3v) is 3.67. The second-order valence-electron chi connectivity index (χ2n) is 5.17. The first-order chi connectivity index (χ1) is 8.83. The van der Waals surface area contributed by atoms with Gasteiger partial charge in [0.15, 0.2) is 0 Å². The normalized spacial score (nSPS) is 21.7. The van der Waals surface area contributed by atoms with Crippen LogP contribution in [0.5, 0.6) is 11.5 Å². The van der Waals surface area contributed by atoms with Crippen molar-refractivity contribution in [2.75, 3.05) is 13.2 Å². The molecule has 0 amide bonds. The third kappa shape index (κ3) is 1.94. The average Bonchev–Trinajstić information content (AvgIpc) is 2.68. The third-order valence-electron chi connectivity index (χ3n) is 3.67. The van der Waals surface area contributed by atoms with E-state index in [4.69, 9.17) is 9.47 Å². The van der Waals surface area contributed by atoms with Crippen LogP contribution in [0.1, 0.15) is 26.3 Å². The number of aromatic hydroxyl groups is 1. The van der Waals surface area contributed by atoms with E-state index in [9.17, 15) is 15.0 Å². The Morgan fingerprint density at radius 1 is 1.53 bits per heavy atom. The zero-order valence-corrected chi connectivity index (χ0v) is 11.3. The van der Waals surface area contributed by atoms with Crippen LogP contribution >= 0.6 is 0 Å². The van der Waals surface area contributed by atoms with Gasteiger partial charge in [0, 0.05) is 11.6 Å². The highest BCUT2D eigenvalue weighted by Crippen LogP contribution is 2.49. The van der Waals surface area contributed by atoms with Gasteiger partial charge in [-0.25, -0.2) is 0 Å². The molecule has 1 heterocycles. The standard InChI is InChI=1S/C14H18O5/c1-4-18-12(16)13(2,3)14(17)8-19-11-7-9(15)5-6-10(11)14/h5-7,15,17H,4,8H2,1-3H3. The zero-order valence-electron chi connectivity index (χ0n) is 11.3. The fraction of sp³-hybridized carbons (Fsp3) is 0.500. The predicted molar refractivity (Wildman–Crippen MR) is 67.9 cm³/mol. The Hall–Kier alpha value is -1.75. The fourth-order valence-electron chi connectivity index (χ4n) is 2.23. The van der Waals surface area contributed by atoms with E-state index >= 15 is 0 Å². The molecule has 2 N–H and O–H groups in total. The van der Waals surface area contributed by atoms with Crippen LogP contribution in [0, 0.1) is 5.41 Å². The molecule has 19 heavy (non-hydrogen) atoms. The topological polar surface area (TPSA) is 76.0 Å². The molecule has 0 aromatic heterocycles. The highest BCUT2D eigenvalue weighted by atomic mass is 16.5. The number of hydrogen-bond acceptors (Lipinski definition) is 5. The van der Waals surface area contributed by atoms with Crippen molar-refractivity contribution in [3.8, 4) is 11.5 Å². The summed E-state index contributed by atoms with van der Waals surface area (Å²) in [6.07, 6.45) is 0. The summed E-state index contributed by atoms with van der Waals surface area (Å²) in [6, 6.07) is 4.45. The maximum absolute atomic E-state index is 12.0. The summed E-state index contributed by atoms with van der Waals surface area (Å²) < 4.78 is 10.4. The molecule has 1 aromatic carbocycles. The molecule has 0 saturated carbocycles. The maximum Gasteiger partial charge on any atom is 0.314 e. The molecular formula is C14H18O5. The largest absolute Gasteiger partial charge is 0.508 e. The number of hydrogen-bond donors (Lipinski definition) is 2. The van der Waals surface area contributed by atoms with Crippen molar-refractivity contribution in [3.05, 3.63) is 23.8 Å². The first-order valence-electron chi connectivity index (χ1n) is 6.19. The monoisotopic (exact) mass is 266 g/mol. The molecule has 0 spiro atoms. The number of esters is 1. The van der Waals surface area contributed by atoms with Crippen molar-refractivity contribution >= 4 is 5.97 Å². The van der Waals surface area contributed by atoms with E-state index in [1.807, 2.05) is 0 Å². The Kier molecular flexibility index (Phi) is 3.18. The molecule has 1 atom stereocenters. The van der Waals surface area contributed by atoms with Crippen molar-refractivity contribution < 1.29 is 24.5 Å². The van der Waals surface area contributed by atoms with Crippen LogP contribution in [0.25, 0.3) is 0 Å². The van der Waals surface area contributed by atoms with Crippen LogP contribution in [-0.4, -0.2) is 29.4 Å². The SMILES string of the molecule is CCOC(=O)C(C)(C)C1(O)COc2cc(O)ccc21. The van der Waals surface area contributed by atoms with Crippen LogP contribution in [0.4, 0.5) is 0 Å². The summed E-state index contributed by atoms with van der Waals surface area (Å²) in [6.45, 7) is 5.17. The quantitative estimate of drug-likeness (QED) is 0.812. The van der Waals surface area contributed by atoms with Gasteiger partial charge in [-0.3, -0.25) is 4.79 Å². The van der Waals surface area contributed by atoms with Crippen molar-refractivity contribution in [2.45, 2.75) is 26.4 Å². The van der Waals surface area contributed by atoms with Gasteiger partial charge in [-0.05, 0) is 32.9 Å². The number of carbonyl (C=O) groups is 1. The summed E-state index contributed by atoms with van der Waals surface area (Å²) >= 11 is 0. The lowest BCUT2D eigenvalue weighted by Crippen LogP contribution is -2.49. The van der Waals surface area contributed by atoms with E-state index in [-0.39, 0.29) is 19.0 Å². The number of benzene rings is 1. The molecule has 1 aromatic rings. The minimum atomic E-state index is -1.47. The van der Waals surface area contributed by atoms with Crippen LogP contribution < -0.4 is 4.74 Å². The molecule has 5 nitrogen and oxygen atoms in total. The molecule has 2 rings (SSSR count). The molecule has 1 unspecified atom stereocenters. The van der Waals surface area contributed by atoms with Gasteiger partial charge in [0.1, 0.15) is 23.7 Å². The van der Waals surface area contributed by atoms with Gasteiger partial charge in [0.05, 0.1) is 12.0 Å². The van der Waals surface area contributed by atoms with Gasteiger partial charge in [-0.2, -0.15) is 0 Å². The van der Waals surface area contributed by atoms with E-state index in [0.29, 0.717) is 11.3 Å². The lowest BCUT2D eigenvalue weighted by Gasteiger charge is -2.36. The fourth-order valence-corrected chi connectivity index (χ4v) is 2.23. The molecule has 0 fully saturated rings. The van der Waals surface area contributed by atoms with Crippen molar-refractivity contribution in [2.24, 2.45) is 5.41 Å². The smallest absolute Gasteiger partial charge is 0.314 e. The minimum absolute atomic E-state index is 0.0440. The Bertz CT molecular complexity index is 509. The van der Waals surface area contributed by atoms with Crippen molar-refractivity contribution in [3.63, 3.8) is 0 Å². The summed E-state index contributed by atoms with van der Waals surface area (Å²) in [5.41, 5.74) is -2.13. The zero-order chi connectivity index (χ0) is 14.3. The second kappa shape index (κ2) is 4.42. The molecule has 0 aliphatic carbocycles. The van der Waals surface area contributed by atoms with Crippen LogP contribution in [0.2, 0.25) is 0 Å². The lowest BCUT2D eigenvalue weighted by molar-refractivity contribution is -0.173. The molecule has 5 heteroatoms. The van der Waals surface area contributed by atoms with Gasteiger partial charge in [0.25, 0.3) is 0 Å². The van der Waals surface area contributed by atoms with E-state index in [2.05, 4.69) is 0 Å². The first-order valence-corrected chi connectivity index (χ1v) is 6.19. The molecule has 0 saturated heterocycles. The number of phenolic OH excluding ortho intramolecular Hbond substituents is 1. The highest BCUT2D eigenvalue weighted by molar-refractivity contribution is 5.78. The summed E-state index contributed by atoms with van der Waals surface area (Å²) in [5.74, 6) is -0.0427. The number of aliphatic hydroxyl groups is 1. The lowest BCUT2D eigenvalue weighted by atomic mass is 9.72. The van der Waals surface area contributed by atoms with Gasteiger partial charge in [0.2, 0.25) is 0 Å². The summed E-state index contributed by atoms with van der Waals surface area (Å²) in [4.78, 5) is 12.0. The van der Waals surface area contributed by atoms with E-state index in [0.717, 1.165) is 0 Å². The van der Waals surface area contributed by atoms with Gasteiger partial charge >= 0.3 is 5.97 Å². The van der Waals surface area contributed by atoms with Crippen LogP contribution in [-0.2, 0) is 15.1 Å². The molecular weight excluding hydrogens is 248 g/mol. The van der Waals surface area contributed by atoms with E-state index in [1.165, 1.54) is 12.1 Å². The Labute approximate surface area is 111 Å². The number of rotatable bonds is 3. The highest BCUT2D eigenvalue weighted by Gasteiger charge is 2.55. The van der Waals surface area contributed by atoms with Crippen LogP contribution in [0.3, 0.4) is 0 Å². The van der Waals surface area contributed by atoms with Gasteiger partial charge < -0.3 is 19.7 Å². The number of fused-ring (bicyclic) bond motifs is 1. The average molecular weight is 266 g/mol.